The van der Waals surface area contributed by atoms with Gasteiger partial charge in [0.15, 0.2) is 5.16 Å². The van der Waals surface area contributed by atoms with E-state index in [2.05, 4.69) is 10.3 Å². The van der Waals surface area contributed by atoms with Crippen LogP contribution in [0.25, 0.3) is 10.9 Å². The van der Waals surface area contributed by atoms with Crippen molar-refractivity contribution >= 4 is 45.9 Å². The lowest BCUT2D eigenvalue weighted by Crippen LogP contribution is -2.26. The van der Waals surface area contributed by atoms with Gasteiger partial charge in [-0.2, -0.15) is 0 Å². The number of hydrogen-bond donors (Lipinski definition) is 1. The third kappa shape index (κ3) is 4.73. The van der Waals surface area contributed by atoms with Gasteiger partial charge in [-0.05, 0) is 36.8 Å². The number of nitrogens with zero attached hydrogens (tertiary/aromatic N) is 2. The van der Waals surface area contributed by atoms with E-state index in [0.717, 1.165) is 5.56 Å². The smallest absolute Gasteiger partial charge is 0.262 e. The van der Waals surface area contributed by atoms with E-state index in [-0.39, 0.29) is 17.2 Å². The number of halogens is 1. The molecule has 0 aliphatic carbocycles. The first-order chi connectivity index (χ1) is 13.5. The van der Waals surface area contributed by atoms with Gasteiger partial charge in [-0.25, -0.2) is 4.98 Å². The Balaban J connectivity index is 1.79. The van der Waals surface area contributed by atoms with E-state index >= 15 is 0 Å². The number of rotatable bonds is 7. The van der Waals surface area contributed by atoms with Gasteiger partial charge in [0.1, 0.15) is 0 Å². The fourth-order valence-electron chi connectivity index (χ4n) is 2.64. The zero-order chi connectivity index (χ0) is 20.1. The molecule has 0 unspecified atom stereocenters. The van der Waals surface area contributed by atoms with Gasteiger partial charge >= 0.3 is 0 Å². The Morgan fingerprint density at radius 1 is 1.29 bits per heavy atom. The largest absolute Gasteiger partial charge is 0.383 e. The number of carbonyl (C=O) groups excluding carboxylic acids is 1. The lowest BCUT2D eigenvalue weighted by atomic mass is 10.2. The average Bonchev–Trinajstić information content (AvgIpc) is 2.69. The van der Waals surface area contributed by atoms with Crippen molar-refractivity contribution < 1.29 is 9.53 Å². The molecule has 146 valence electrons. The fraction of sp³-hybridized carbons (Fsp3) is 0.250. The van der Waals surface area contributed by atoms with Crippen LogP contribution in [-0.4, -0.2) is 34.9 Å². The summed E-state index contributed by atoms with van der Waals surface area (Å²) >= 11 is 7.31. The third-order valence-electron chi connectivity index (χ3n) is 4.13. The zero-order valence-electron chi connectivity index (χ0n) is 15.6. The highest BCUT2D eigenvalue weighted by atomic mass is 35.5. The molecule has 0 aliphatic heterocycles. The maximum Gasteiger partial charge on any atom is 0.262 e. The van der Waals surface area contributed by atoms with E-state index in [1.54, 1.807) is 42.0 Å². The molecule has 1 amide bonds. The molecule has 8 heteroatoms. The van der Waals surface area contributed by atoms with Crippen molar-refractivity contribution in [1.82, 2.24) is 9.55 Å². The van der Waals surface area contributed by atoms with Gasteiger partial charge in [0.05, 0.1) is 29.8 Å². The topological polar surface area (TPSA) is 73.2 Å². The van der Waals surface area contributed by atoms with Crippen LogP contribution in [-0.2, 0) is 16.1 Å². The number of benzene rings is 2. The van der Waals surface area contributed by atoms with Crippen molar-refractivity contribution in [3.05, 3.63) is 63.4 Å². The Morgan fingerprint density at radius 3 is 2.82 bits per heavy atom. The Labute approximate surface area is 171 Å². The van der Waals surface area contributed by atoms with Crippen molar-refractivity contribution in [3.63, 3.8) is 0 Å². The first kappa shape index (κ1) is 20.4. The highest BCUT2D eigenvalue weighted by molar-refractivity contribution is 7.99. The van der Waals surface area contributed by atoms with Gasteiger partial charge in [-0.15, -0.1) is 0 Å². The maximum absolute atomic E-state index is 12.8. The SMILES string of the molecule is COCCn1c(SCC(=O)Nc2ccc(C)c(Cl)c2)nc2ccccc2c1=O. The second-order valence-electron chi connectivity index (χ2n) is 6.16. The molecule has 0 spiro atoms. The number of fused-ring (bicyclic) bond motifs is 1. The summed E-state index contributed by atoms with van der Waals surface area (Å²) in [5, 5.41) is 4.43. The van der Waals surface area contributed by atoms with Crippen molar-refractivity contribution in [3.8, 4) is 0 Å². The quantitative estimate of drug-likeness (QED) is 0.468. The number of hydrogen-bond acceptors (Lipinski definition) is 5. The molecule has 0 saturated heterocycles. The van der Waals surface area contributed by atoms with Crippen LogP contribution in [0.2, 0.25) is 5.02 Å². The van der Waals surface area contributed by atoms with E-state index in [1.165, 1.54) is 11.8 Å². The molecule has 6 nitrogen and oxygen atoms in total. The average molecular weight is 418 g/mol. The number of aryl methyl sites for hydroxylation is 1. The molecule has 3 aromatic rings. The van der Waals surface area contributed by atoms with Crippen LogP contribution in [0.1, 0.15) is 5.56 Å². The molecule has 0 aliphatic rings. The van der Waals surface area contributed by atoms with Gasteiger partial charge in [0.25, 0.3) is 5.56 Å². The van der Waals surface area contributed by atoms with Crippen molar-refractivity contribution in [2.75, 3.05) is 24.8 Å². The highest BCUT2D eigenvalue weighted by Crippen LogP contribution is 2.21. The summed E-state index contributed by atoms with van der Waals surface area (Å²) in [4.78, 5) is 29.7. The van der Waals surface area contributed by atoms with Crippen LogP contribution in [0.3, 0.4) is 0 Å². The molecule has 3 rings (SSSR count). The highest BCUT2D eigenvalue weighted by Gasteiger charge is 2.13. The molecular weight excluding hydrogens is 398 g/mol. The minimum Gasteiger partial charge on any atom is -0.383 e. The summed E-state index contributed by atoms with van der Waals surface area (Å²) in [5.74, 6) is -0.0888. The number of nitrogens with one attached hydrogen (secondary N) is 1. The predicted octanol–water partition coefficient (Wildman–Crippen LogP) is 3.74. The van der Waals surface area contributed by atoms with E-state index in [0.29, 0.717) is 39.9 Å². The number of amides is 1. The van der Waals surface area contributed by atoms with Gasteiger partial charge < -0.3 is 10.1 Å². The van der Waals surface area contributed by atoms with E-state index in [4.69, 9.17) is 16.3 Å². The monoisotopic (exact) mass is 417 g/mol. The molecule has 1 heterocycles. The van der Waals surface area contributed by atoms with E-state index in [1.807, 2.05) is 19.1 Å². The molecule has 28 heavy (non-hydrogen) atoms. The Kier molecular flexibility index (Phi) is 6.72. The second-order valence-corrected chi connectivity index (χ2v) is 7.51. The third-order valence-corrected chi connectivity index (χ3v) is 5.52. The lowest BCUT2D eigenvalue weighted by Gasteiger charge is -2.13. The van der Waals surface area contributed by atoms with Crippen LogP contribution in [0.15, 0.2) is 52.4 Å². The number of para-hydroxylation sites is 1. The summed E-state index contributed by atoms with van der Waals surface area (Å²) in [6.45, 7) is 2.64. The minimum atomic E-state index is -0.203. The van der Waals surface area contributed by atoms with Crippen LogP contribution in [0.5, 0.6) is 0 Å². The molecule has 0 radical (unpaired) electrons. The van der Waals surface area contributed by atoms with Crippen LogP contribution in [0, 0.1) is 6.92 Å². The first-order valence-electron chi connectivity index (χ1n) is 8.67. The minimum absolute atomic E-state index is 0.114. The van der Waals surface area contributed by atoms with Gasteiger partial charge in [-0.1, -0.05) is 41.6 Å². The van der Waals surface area contributed by atoms with Gasteiger partial charge in [0.2, 0.25) is 5.91 Å². The van der Waals surface area contributed by atoms with Crippen LogP contribution in [0.4, 0.5) is 5.69 Å². The molecule has 0 bridgehead atoms. The number of methoxy groups -OCH3 is 1. The zero-order valence-corrected chi connectivity index (χ0v) is 17.1. The summed E-state index contributed by atoms with van der Waals surface area (Å²) in [6, 6.07) is 12.5. The molecule has 2 aromatic carbocycles. The van der Waals surface area contributed by atoms with Gasteiger partial charge in [-0.3, -0.25) is 14.2 Å². The van der Waals surface area contributed by atoms with Crippen molar-refractivity contribution in [2.45, 2.75) is 18.6 Å². The lowest BCUT2D eigenvalue weighted by molar-refractivity contribution is -0.113. The van der Waals surface area contributed by atoms with E-state index in [9.17, 15) is 9.59 Å². The van der Waals surface area contributed by atoms with Crippen LogP contribution >= 0.6 is 23.4 Å². The number of aromatic nitrogens is 2. The summed E-state index contributed by atoms with van der Waals surface area (Å²) in [6.07, 6.45) is 0. The molecule has 0 fully saturated rings. The summed E-state index contributed by atoms with van der Waals surface area (Å²) < 4.78 is 6.65. The van der Waals surface area contributed by atoms with Crippen LogP contribution < -0.4 is 10.9 Å². The molecule has 0 atom stereocenters. The van der Waals surface area contributed by atoms with Crippen molar-refractivity contribution in [1.29, 1.82) is 0 Å². The van der Waals surface area contributed by atoms with E-state index < -0.39 is 0 Å². The summed E-state index contributed by atoms with van der Waals surface area (Å²) in [7, 11) is 1.58. The Hall–Kier alpha value is -2.35. The molecular formula is C20H20ClN3O3S. The normalized spacial score (nSPS) is 11.0. The molecule has 0 saturated carbocycles. The Bertz CT molecular complexity index is 1070. The molecule has 1 N–H and O–H groups in total. The predicted molar refractivity (Wildman–Crippen MR) is 113 cm³/mol. The fourth-order valence-corrected chi connectivity index (χ4v) is 3.64. The molecule has 1 aromatic heterocycles. The summed E-state index contributed by atoms with van der Waals surface area (Å²) in [5.41, 5.74) is 2.03. The number of anilines is 1. The van der Waals surface area contributed by atoms with Crippen molar-refractivity contribution in [2.24, 2.45) is 0 Å². The number of carbonyl (C=O) groups is 1. The number of ether oxygens (including phenoxy) is 1. The Morgan fingerprint density at radius 2 is 2.07 bits per heavy atom. The van der Waals surface area contributed by atoms with Gasteiger partial charge in [0, 0.05) is 17.8 Å². The first-order valence-corrected chi connectivity index (χ1v) is 10.0. The number of thioether (sulfide) groups is 1. The maximum atomic E-state index is 12.8. The second kappa shape index (κ2) is 9.23. The standard InChI is InChI=1S/C20H20ClN3O3S/c1-13-7-8-14(11-16(13)21)22-18(25)12-28-20-23-17-6-4-3-5-15(17)19(26)24(20)9-10-27-2/h3-8,11H,9-10,12H2,1-2H3,(H,22,25).